The summed E-state index contributed by atoms with van der Waals surface area (Å²) >= 11 is 0. The van der Waals surface area contributed by atoms with Crippen LogP contribution in [-0.2, 0) is 0 Å². The highest BCUT2D eigenvalue weighted by atomic mass is 16.3. The molecule has 0 spiro atoms. The molecule has 12 heavy (non-hydrogen) atoms. The summed E-state index contributed by atoms with van der Waals surface area (Å²) < 4.78 is 0. The smallest absolute Gasteiger partial charge is 0.112 e. The van der Waals surface area contributed by atoms with E-state index in [-0.39, 0.29) is 17.1 Å². The molecule has 0 saturated carbocycles. The van der Waals surface area contributed by atoms with E-state index in [1.54, 1.807) is 0 Å². The number of rotatable bonds is 3. The van der Waals surface area contributed by atoms with Gasteiger partial charge in [-0.1, -0.05) is 0 Å². The van der Waals surface area contributed by atoms with Crippen molar-refractivity contribution in [3.8, 4) is 0 Å². The first-order valence-electron chi connectivity index (χ1n) is 2.95. The van der Waals surface area contributed by atoms with Crippen LogP contribution in [0, 0.1) is 14.7 Å². The molecule has 1 rings (SSSR count). The van der Waals surface area contributed by atoms with E-state index in [0.29, 0.717) is 0 Å². The van der Waals surface area contributed by atoms with E-state index in [2.05, 4.69) is 15.5 Å². The molecular weight excluding hydrogens is 162 g/mol. The maximum absolute atomic E-state index is 10.0. The third-order valence-corrected chi connectivity index (χ3v) is 1.20. The number of nitrogens with zero attached hydrogens (tertiary/aromatic N) is 3. The Bertz CT molecular complexity index is 272. The van der Waals surface area contributed by atoms with Gasteiger partial charge in [0.1, 0.15) is 17.1 Å². The minimum Gasteiger partial charge on any atom is -0.145 e. The zero-order valence-corrected chi connectivity index (χ0v) is 5.80. The molecule has 0 bridgehead atoms. The van der Waals surface area contributed by atoms with Crippen LogP contribution in [0.4, 0.5) is 17.1 Å². The van der Waals surface area contributed by atoms with Gasteiger partial charge in [-0.15, -0.1) is 14.7 Å². The van der Waals surface area contributed by atoms with Crippen molar-refractivity contribution in [2.45, 2.75) is 0 Å². The minimum absolute atomic E-state index is 0.0401. The summed E-state index contributed by atoms with van der Waals surface area (Å²) in [5, 5.41) is 7.62. The van der Waals surface area contributed by atoms with Gasteiger partial charge >= 0.3 is 0 Å². The van der Waals surface area contributed by atoms with Crippen molar-refractivity contribution in [1.29, 1.82) is 0 Å². The lowest BCUT2D eigenvalue weighted by Crippen LogP contribution is -1.65. The fourth-order valence-corrected chi connectivity index (χ4v) is 0.738. The Morgan fingerprint density at radius 2 is 0.917 bits per heavy atom. The van der Waals surface area contributed by atoms with Crippen LogP contribution in [0.1, 0.15) is 0 Å². The fourth-order valence-electron chi connectivity index (χ4n) is 0.738. The highest BCUT2D eigenvalue weighted by molar-refractivity contribution is 5.60. The zero-order valence-electron chi connectivity index (χ0n) is 5.80. The molecule has 60 valence electrons. The van der Waals surface area contributed by atoms with Crippen LogP contribution in [0.5, 0.6) is 0 Å². The fraction of sp³-hybridized carbons (Fsp3) is 0. The SMILES string of the molecule is O=Nc1cc(N=O)cc(N=O)c1. The molecule has 6 nitrogen and oxygen atoms in total. The summed E-state index contributed by atoms with van der Waals surface area (Å²) in [5.41, 5.74) is -0.120. The van der Waals surface area contributed by atoms with Crippen LogP contribution < -0.4 is 0 Å². The molecule has 0 amide bonds. The van der Waals surface area contributed by atoms with E-state index in [9.17, 15) is 14.7 Å². The standard InChI is InChI=1S/C6H3N3O3/c10-7-4-1-5(8-11)3-6(2-4)9-12/h1-3H. The van der Waals surface area contributed by atoms with Crippen molar-refractivity contribution in [3.63, 3.8) is 0 Å². The first-order valence-corrected chi connectivity index (χ1v) is 2.95. The molecule has 0 aliphatic carbocycles. The number of nitroso groups, excluding NO2 is 3. The highest BCUT2D eigenvalue weighted by Crippen LogP contribution is 2.27. The summed E-state index contributed by atoms with van der Waals surface area (Å²) in [6, 6.07) is 3.48. The van der Waals surface area contributed by atoms with Crippen LogP contribution >= 0.6 is 0 Å². The molecule has 0 aliphatic heterocycles. The lowest BCUT2D eigenvalue weighted by atomic mass is 10.2. The second kappa shape index (κ2) is 3.42. The van der Waals surface area contributed by atoms with E-state index < -0.39 is 0 Å². The van der Waals surface area contributed by atoms with Crippen LogP contribution in [0.3, 0.4) is 0 Å². The Labute approximate surface area is 66.5 Å². The van der Waals surface area contributed by atoms with E-state index >= 15 is 0 Å². The Morgan fingerprint density at radius 1 is 0.667 bits per heavy atom. The van der Waals surface area contributed by atoms with Crippen molar-refractivity contribution in [1.82, 2.24) is 0 Å². The number of hydrogen-bond acceptors (Lipinski definition) is 6. The van der Waals surface area contributed by atoms with Crippen molar-refractivity contribution < 1.29 is 0 Å². The highest BCUT2D eigenvalue weighted by Gasteiger charge is 2.01. The van der Waals surface area contributed by atoms with E-state index in [1.807, 2.05) is 0 Å². The molecule has 1 aromatic rings. The largest absolute Gasteiger partial charge is 0.145 e. The molecular formula is C6H3N3O3. The van der Waals surface area contributed by atoms with E-state index in [4.69, 9.17) is 0 Å². The summed E-state index contributed by atoms with van der Waals surface area (Å²) in [6.45, 7) is 0. The number of hydrogen-bond donors (Lipinski definition) is 0. The van der Waals surface area contributed by atoms with E-state index in [0.717, 1.165) is 18.2 Å². The van der Waals surface area contributed by atoms with Crippen molar-refractivity contribution in [2.75, 3.05) is 0 Å². The average molecular weight is 165 g/mol. The van der Waals surface area contributed by atoms with Gasteiger partial charge < -0.3 is 0 Å². The van der Waals surface area contributed by atoms with Crippen molar-refractivity contribution >= 4 is 17.1 Å². The average Bonchev–Trinajstić information content (AvgIpc) is 2.16. The Morgan fingerprint density at radius 3 is 1.08 bits per heavy atom. The minimum atomic E-state index is -0.0401. The molecule has 0 fully saturated rings. The van der Waals surface area contributed by atoms with Gasteiger partial charge in [0.15, 0.2) is 0 Å². The maximum Gasteiger partial charge on any atom is 0.112 e. The third-order valence-electron chi connectivity index (χ3n) is 1.20. The van der Waals surface area contributed by atoms with Gasteiger partial charge in [-0.05, 0) is 33.7 Å². The van der Waals surface area contributed by atoms with Gasteiger partial charge in [0, 0.05) is 0 Å². The Hall–Kier alpha value is -1.98. The topological polar surface area (TPSA) is 88.3 Å². The van der Waals surface area contributed by atoms with Gasteiger partial charge in [-0.2, -0.15) is 0 Å². The van der Waals surface area contributed by atoms with Crippen LogP contribution in [-0.4, -0.2) is 0 Å². The molecule has 0 atom stereocenters. The third kappa shape index (κ3) is 1.54. The molecule has 0 saturated heterocycles. The van der Waals surface area contributed by atoms with Gasteiger partial charge in [-0.3, -0.25) is 0 Å². The molecule has 0 aliphatic rings. The molecule has 0 radical (unpaired) electrons. The summed E-state index contributed by atoms with van der Waals surface area (Å²) in [7, 11) is 0. The normalized spacial score (nSPS) is 9.00. The van der Waals surface area contributed by atoms with Crippen LogP contribution in [0.2, 0.25) is 0 Å². The van der Waals surface area contributed by atoms with Gasteiger partial charge in [-0.25, -0.2) is 0 Å². The predicted molar refractivity (Wildman–Crippen MR) is 42.8 cm³/mol. The van der Waals surface area contributed by atoms with Crippen LogP contribution in [0.15, 0.2) is 33.7 Å². The summed E-state index contributed by atoms with van der Waals surface area (Å²) in [5.74, 6) is 0. The van der Waals surface area contributed by atoms with Gasteiger partial charge in [0.25, 0.3) is 0 Å². The molecule has 0 N–H and O–H groups in total. The monoisotopic (exact) mass is 165 g/mol. The molecule has 0 aromatic heterocycles. The predicted octanol–water partition coefficient (Wildman–Crippen LogP) is 2.88. The second-order valence-electron chi connectivity index (χ2n) is 1.98. The molecule has 0 unspecified atom stereocenters. The zero-order chi connectivity index (χ0) is 8.97. The van der Waals surface area contributed by atoms with Crippen molar-refractivity contribution in [3.05, 3.63) is 32.9 Å². The lowest BCUT2D eigenvalue weighted by Gasteiger charge is -1.91. The van der Waals surface area contributed by atoms with E-state index in [1.165, 1.54) is 0 Å². The molecule has 6 heteroatoms. The lowest BCUT2D eigenvalue weighted by molar-refractivity contribution is 1.40. The first kappa shape index (κ1) is 8.12. The van der Waals surface area contributed by atoms with Gasteiger partial charge in [0.2, 0.25) is 0 Å². The Balaban J connectivity index is 3.26. The maximum atomic E-state index is 10.0. The second-order valence-corrected chi connectivity index (χ2v) is 1.98. The summed E-state index contributed by atoms with van der Waals surface area (Å²) in [4.78, 5) is 30.0. The van der Waals surface area contributed by atoms with Crippen molar-refractivity contribution in [2.24, 2.45) is 15.5 Å². The van der Waals surface area contributed by atoms with Gasteiger partial charge in [0.05, 0.1) is 0 Å². The summed E-state index contributed by atoms with van der Waals surface area (Å²) in [6.07, 6.45) is 0. The first-order chi connectivity index (χ1) is 5.80. The quantitative estimate of drug-likeness (QED) is 0.645. The Kier molecular flexibility index (Phi) is 2.32. The molecule has 0 heterocycles. The van der Waals surface area contributed by atoms with Crippen LogP contribution in [0.25, 0.3) is 0 Å². The molecule has 1 aromatic carbocycles. The number of benzene rings is 1.